The summed E-state index contributed by atoms with van der Waals surface area (Å²) in [6.45, 7) is -6.57. The van der Waals surface area contributed by atoms with Crippen molar-refractivity contribution in [3.63, 3.8) is 0 Å². The Bertz CT molecular complexity index is 844. The summed E-state index contributed by atoms with van der Waals surface area (Å²) in [5.41, 5.74) is 0.0792. The monoisotopic (exact) mass is 241 g/mol. The van der Waals surface area contributed by atoms with Crippen molar-refractivity contribution in [3.05, 3.63) is 29.9 Å². The van der Waals surface area contributed by atoms with Crippen LogP contribution in [0.5, 0.6) is 5.75 Å². The molecular weight excluding hydrogens is 216 g/mol. The highest BCUT2D eigenvalue weighted by Gasteiger charge is 2.05. The number of nitrogens with one attached hydrogen (secondary N) is 2. The Morgan fingerprint density at radius 1 is 1.82 bits per heavy atom. The summed E-state index contributed by atoms with van der Waals surface area (Å²) in [6, 6.07) is 2.71. The Kier molecular flexibility index (Phi) is 1.36. The molecule has 2 aromatic rings. The van der Waals surface area contributed by atoms with Gasteiger partial charge in [0.2, 0.25) is 5.91 Å². The molecule has 90 valence electrons. The van der Waals surface area contributed by atoms with E-state index in [1.807, 2.05) is 0 Å². The van der Waals surface area contributed by atoms with Gasteiger partial charge in [-0.1, -0.05) is 0 Å². The molecule has 1 heterocycles. The summed E-state index contributed by atoms with van der Waals surface area (Å²) in [4.78, 5) is 14.5. The SMILES string of the molecule is [2H]c1cc2[nH]cc(C([2H])([2H])C([2H])([2H])N([2H])C(=O)C([2H])([2H])[2H])c2cc1OC. The number of fused-ring (bicyclic) bond motifs is 1. The van der Waals surface area contributed by atoms with Crippen LogP contribution in [0.3, 0.4) is 0 Å². The standard InChI is InChI=1S/C13H16N2O2/c1-9(16)14-6-5-10-8-15-13-4-3-11(17-2)7-12(10)13/h3-4,7-8,15H,5-6H2,1-2H3,(H,14,16)/i1D3,3D,5D2,6D2/hD. The van der Waals surface area contributed by atoms with E-state index in [0.29, 0.717) is 5.52 Å². The van der Waals surface area contributed by atoms with Crippen molar-refractivity contribution < 1.29 is 21.9 Å². The normalized spacial score (nSPS) is 20.6. The fourth-order valence-corrected chi connectivity index (χ4v) is 1.40. The number of hydrogen-bond donors (Lipinski definition) is 2. The fourth-order valence-electron chi connectivity index (χ4n) is 1.40. The number of H-pyrrole nitrogens is 1. The van der Waals surface area contributed by atoms with Crippen molar-refractivity contribution in [1.82, 2.24) is 10.3 Å². The van der Waals surface area contributed by atoms with Crippen LogP contribution in [0.2, 0.25) is 1.41 Å². The Hall–Kier alpha value is -1.97. The van der Waals surface area contributed by atoms with Gasteiger partial charge in [-0.05, 0) is 30.1 Å². The van der Waals surface area contributed by atoms with Gasteiger partial charge in [0.25, 0.3) is 0 Å². The van der Waals surface area contributed by atoms with E-state index in [9.17, 15) is 4.79 Å². The topological polar surface area (TPSA) is 54.1 Å². The first-order valence-corrected chi connectivity index (χ1v) is 4.75. The second-order valence-corrected chi connectivity index (χ2v) is 3.18. The maximum Gasteiger partial charge on any atom is 0.216 e. The van der Waals surface area contributed by atoms with Gasteiger partial charge in [0.05, 0.1) is 8.48 Å². The number of carbonyl (C=O) groups is 1. The molecule has 0 aliphatic carbocycles. The zero-order chi connectivity index (χ0) is 20.1. The van der Waals surface area contributed by atoms with Crippen molar-refractivity contribution in [2.75, 3.05) is 13.6 Å². The highest BCUT2D eigenvalue weighted by Crippen LogP contribution is 2.23. The molecule has 17 heavy (non-hydrogen) atoms. The van der Waals surface area contributed by atoms with E-state index in [2.05, 4.69) is 4.98 Å². The second kappa shape index (κ2) is 4.91. The van der Waals surface area contributed by atoms with Crippen LogP contribution in [0.1, 0.15) is 23.4 Å². The van der Waals surface area contributed by atoms with E-state index in [0.717, 1.165) is 6.20 Å². The van der Waals surface area contributed by atoms with Crippen molar-refractivity contribution in [1.29, 1.82) is 0 Å². The molecule has 0 saturated carbocycles. The van der Waals surface area contributed by atoms with Crippen molar-refractivity contribution in [2.24, 2.45) is 0 Å². The van der Waals surface area contributed by atoms with Crippen LogP contribution in [0.4, 0.5) is 0 Å². The van der Waals surface area contributed by atoms with E-state index >= 15 is 0 Å². The Morgan fingerprint density at radius 3 is 3.47 bits per heavy atom. The van der Waals surface area contributed by atoms with Gasteiger partial charge in [0.1, 0.15) is 5.75 Å². The number of amides is 1. The zero-order valence-electron chi connectivity index (χ0n) is 18.0. The first kappa shape index (κ1) is 4.72. The van der Waals surface area contributed by atoms with Crippen molar-refractivity contribution in [2.45, 2.75) is 13.2 Å². The molecule has 2 rings (SSSR count). The molecule has 0 unspecified atom stereocenters. The maximum absolute atomic E-state index is 11.8. The summed E-state index contributed by atoms with van der Waals surface area (Å²) in [6.07, 6.45) is -1.79. The molecule has 2 N–H and O–H groups in total. The number of aryl methyl sites for hydroxylation is 1. The smallest absolute Gasteiger partial charge is 0.216 e. The van der Waals surface area contributed by atoms with Gasteiger partial charge in [-0.2, -0.15) is 0 Å². The third-order valence-electron chi connectivity index (χ3n) is 2.15. The number of ether oxygens (including phenoxy) is 1. The fraction of sp³-hybridized carbons (Fsp3) is 0.308. The molecule has 4 heteroatoms. The molecule has 1 amide bonds. The van der Waals surface area contributed by atoms with E-state index in [1.165, 1.54) is 19.2 Å². The number of benzene rings is 1. The molecule has 0 aliphatic rings. The summed E-state index contributed by atoms with van der Waals surface area (Å²) in [5.74, 6) is -1.71. The summed E-state index contributed by atoms with van der Waals surface area (Å²) in [5, 5.41) is -0.309. The molecule has 0 saturated heterocycles. The number of methoxy groups -OCH3 is 1. The first-order valence-electron chi connectivity index (χ1n) is 9.19. The average Bonchev–Trinajstić information content (AvgIpc) is 2.94. The molecule has 0 atom stereocenters. The van der Waals surface area contributed by atoms with E-state index < -0.39 is 30.9 Å². The molecule has 4 nitrogen and oxygen atoms in total. The van der Waals surface area contributed by atoms with Crippen LogP contribution in [0.15, 0.2) is 24.4 Å². The minimum absolute atomic E-state index is 0.0247. The third kappa shape index (κ3) is 2.58. The van der Waals surface area contributed by atoms with E-state index in [-0.39, 0.29) is 22.7 Å². The van der Waals surface area contributed by atoms with Crippen LogP contribution in [-0.4, -0.2) is 24.5 Å². The summed E-state index contributed by atoms with van der Waals surface area (Å²) in [7, 11) is 1.32. The highest BCUT2D eigenvalue weighted by atomic mass is 16.5. The van der Waals surface area contributed by atoms with Gasteiger partial charge >= 0.3 is 0 Å². The van der Waals surface area contributed by atoms with Crippen molar-refractivity contribution in [3.8, 4) is 5.75 Å². The molecule has 0 aliphatic heterocycles. The van der Waals surface area contributed by atoms with Crippen LogP contribution < -0.4 is 10.0 Å². The molecule has 1 aromatic heterocycles. The highest BCUT2D eigenvalue weighted by molar-refractivity contribution is 5.84. The maximum atomic E-state index is 11.8. The largest absolute Gasteiger partial charge is 0.497 e. The van der Waals surface area contributed by atoms with E-state index in [1.54, 1.807) is 0 Å². The number of carbonyl (C=O) groups excluding carboxylic acids is 1. The van der Waals surface area contributed by atoms with Crippen LogP contribution in [0.25, 0.3) is 10.9 Å². The first-order chi connectivity index (χ1) is 11.7. The van der Waals surface area contributed by atoms with Gasteiger partial charge in [-0.3, -0.25) is 4.79 Å². The molecule has 0 bridgehead atoms. The third-order valence-corrected chi connectivity index (χ3v) is 2.15. The quantitative estimate of drug-likeness (QED) is 0.858. The van der Waals surface area contributed by atoms with E-state index in [4.69, 9.17) is 17.1 Å². The Morgan fingerprint density at radius 2 is 2.71 bits per heavy atom. The number of hydrogen-bond acceptors (Lipinski definition) is 2. The van der Waals surface area contributed by atoms with Gasteiger partial charge < -0.3 is 15.0 Å². The van der Waals surface area contributed by atoms with Gasteiger partial charge in [0.15, 0.2) is 1.41 Å². The number of aromatic nitrogens is 1. The lowest BCUT2D eigenvalue weighted by molar-refractivity contribution is -0.118. The van der Waals surface area contributed by atoms with Gasteiger partial charge in [-0.25, -0.2) is 0 Å². The van der Waals surface area contributed by atoms with Crippen LogP contribution in [-0.2, 0) is 11.2 Å². The number of rotatable bonds is 4. The zero-order valence-corrected chi connectivity index (χ0v) is 9.00. The lowest BCUT2D eigenvalue weighted by Crippen LogP contribution is -2.22. The van der Waals surface area contributed by atoms with Crippen molar-refractivity contribution >= 4 is 16.8 Å². The second-order valence-electron chi connectivity index (χ2n) is 3.18. The van der Waals surface area contributed by atoms with Gasteiger partial charge in [0, 0.05) is 40.0 Å². The Labute approximate surface area is 113 Å². The lowest BCUT2D eigenvalue weighted by Gasteiger charge is -2.03. The minimum Gasteiger partial charge on any atom is -0.497 e. The Balaban J connectivity index is 2.58. The molecular formula is C13H16N2O2. The predicted octanol–water partition coefficient (Wildman–Crippen LogP) is 1.86. The van der Waals surface area contributed by atoms with Gasteiger partial charge in [-0.15, -0.1) is 0 Å². The molecule has 1 aromatic carbocycles. The summed E-state index contributed by atoms with van der Waals surface area (Å²) < 4.78 is 73.6. The lowest BCUT2D eigenvalue weighted by atomic mass is 10.1. The molecule has 0 fully saturated rings. The summed E-state index contributed by atoms with van der Waals surface area (Å²) >= 11 is 0. The predicted molar refractivity (Wildman–Crippen MR) is 67.2 cm³/mol. The molecule has 0 spiro atoms. The van der Waals surface area contributed by atoms with Crippen LogP contribution in [0, 0.1) is 0 Å². The average molecular weight is 241 g/mol. The molecule has 0 radical (unpaired) electrons. The number of aromatic amines is 1. The minimum atomic E-state index is -3.29. The van der Waals surface area contributed by atoms with Crippen LogP contribution >= 0.6 is 0 Å².